The standard InChI is InChI=1S/C34H56N2O2.C33H53NO2.C16H33N4P.Y/c1-31(2,3)25-17-23(29(37)27(19-25)33(7,8)9)21-36(16-15-35(13)14)22-24-18-26(32(4,5)6)20-28(30(24)38)34(10,11)12;1-14-15-34(20-22-16-24(30(2,3)4)18-26(28(22)35)32(8,9)10)21-23-17-25(31(5,6)7)19-27(29(23)36)33(11,12)13;1-16(2,3)17-21(18-10-4-5-11-18,19-12-6-7-13-19)20-14-8-9-15-20;/h17-20,37-38H,15-16,21-22H2,1-14H3;16-19,35-36H,14-15,20-21H2,1-13H3;4-15H2,1-3H3;/p+1. The molecule has 4 aromatic carbocycles. The van der Waals surface area contributed by atoms with Crippen molar-refractivity contribution in [1.82, 2.24) is 28.7 Å². The first kappa shape index (κ1) is 85.6. The van der Waals surface area contributed by atoms with Crippen molar-refractivity contribution < 1.29 is 57.9 Å². The second-order valence-electron chi connectivity index (χ2n) is 38.3. The van der Waals surface area contributed by atoms with Gasteiger partial charge in [0.15, 0.2) is 5.54 Å². The average Bonchev–Trinajstić information content (AvgIpc) is 1.47. The zero-order chi connectivity index (χ0) is 72.2. The predicted octanol–water partition coefficient (Wildman–Crippen LogP) is 18.6. The van der Waals surface area contributed by atoms with E-state index in [-0.39, 0.29) is 81.6 Å². The van der Waals surface area contributed by atoms with Crippen molar-refractivity contribution in [1.29, 1.82) is 0 Å². The van der Waals surface area contributed by atoms with Crippen LogP contribution in [-0.2, 0) is 102 Å². The number of nitrogens with zero attached hydrogens (tertiary/aromatic N) is 6. The Labute approximate surface area is 614 Å². The Balaban J connectivity index is 0.000000316. The number of benzene rings is 4. The molecule has 3 heterocycles. The van der Waals surface area contributed by atoms with E-state index in [9.17, 15) is 20.4 Å². The van der Waals surface area contributed by atoms with Gasteiger partial charge in [0.05, 0.1) is 0 Å². The van der Waals surface area contributed by atoms with Crippen LogP contribution in [0.5, 0.6) is 23.0 Å². The topological polar surface area (TPSA) is 114 Å². The summed E-state index contributed by atoms with van der Waals surface area (Å²) in [4.78, 5) is 6.91. The maximum absolute atomic E-state index is 11.5. The molecule has 0 atom stereocenters. The summed E-state index contributed by atoms with van der Waals surface area (Å²) in [5, 5.41) is 45.7. The molecule has 0 bridgehead atoms. The van der Waals surface area contributed by atoms with Gasteiger partial charge in [-0.1, -0.05) is 222 Å². The normalized spacial score (nSPS) is 16.3. The summed E-state index contributed by atoms with van der Waals surface area (Å²) in [6, 6.07) is 17.4. The molecule has 3 saturated heterocycles. The third-order valence-corrected chi connectivity index (χ3v) is 23.9. The molecular formula is C83H143N7O4PY+. The van der Waals surface area contributed by atoms with Crippen molar-refractivity contribution in [2.45, 2.75) is 314 Å². The molecule has 3 aliphatic rings. The molecule has 3 fully saturated rings. The number of likely N-dealkylation sites (N-methyl/N-ethyl adjacent to an activating group) is 1. The minimum Gasteiger partial charge on any atom is -0.507 e. The van der Waals surface area contributed by atoms with Gasteiger partial charge in [-0.3, -0.25) is 9.80 Å². The third kappa shape index (κ3) is 23.4. The van der Waals surface area contributed by atoms with E-state index in [4.69, 9.17) is 0 Å². The smallest absolute Gasteiger partial charge is 0.310 e. The molecule has 96 heavy (non-hydrogen) atoms. The average molecular weight is 1420 g/mol. The number of nitrogens with one attached hydrogen (secondary N) is 1. The number of hydrogen-bond acceptors (Lipinski definition) is 7. The second kappa shape index (κ2) is 33.1. The van der Waals surface area contributed by atoms with Crippen LogP contribution in [0.1, 0.15) is 306 Å². The number of rotatable bonds is 16. The monoisotopic (exact) mass is 1420 g/mol. The van der Waals surface area contributed by atoms with Crippen LogP contribution in [0, 0.1) is 0 Å². The van der Waals surface area contributed by atoms with Crippen molar-refractivity contribution in [2.24, 2.45) is 0 Å². The van der Waals surface area contributed by atoms with E-state index in [1.165, 1.54) is 100 Å². The van der Waals surface area contributed by atoms with Gasteiger partial charge in [0, 0.05) is 134 Å². The van der Waals surface area contributed by atoms with Crippen molar-refractivity contribution in [3.8, 4) is 23.0 Å². The van der Waals surface area contributed by atoms with Gasteiger partial charge in [-0.15, -0.1) is 0 Å². The zero-order valence-corrected chi connectivity index (χ0v) is 71.0. The Hall–Kier alpha value is -2.83. The molecular weight excluding hydrogens is 1280 g/mol. The molecule has 3 aliphatic heterocycles. The molecule has 4 aromatic rings. The molecule has 11 nitrogen and oxygen atoms in total. The summed E-state index contributed by atoms with van der Waals surface area (Å²) in [5.74, 6) is 1.59. The molecule has 0 aliphatic carbocycles. The van der Waals surface area contributed by atoms with E-state index in [1.807, 2.05) is 0 Å². The van der Waals surface area contributed by atoms with Gasteiger partial charge >= 0.3 is 7.51 Å². The zero-order valence-electron chi connectivity index (χ0n) is 67.3. The first-order chi connectivity index (χ1) is 43.2. The van der Waals surface area contributed by atoms with Gasteiger partial charge in [-0.2, -0.15) is 0 Å². The quantitative estimate of drug-likeness (QED) is 0.0695. The van der Waals surface area contributed by atoms with Crippen LogP contribution in [0.15, 0.2) is 48.5 Å². The third-order valence-electron chi connectivity index (χ3n) is 19.3. The molecule has 7 rings (SSSR count). The van der Waals surface area contributed by atoms with Gasteiger partial charge in [-0.25, -0.2) is 18.8 Å². The first-order valence-electron chi connectivity index (χ1n) is 36.7. The Morgan fingerprint density at radius 1 is 0.344 bits per heavy atom. The summed E-state index contributed by atoms with van der Waals surface area (Å²) in [6.07, 6.45) is 9.30. The van der Waals surface area contributed by atoms with Crippen LogP contribution in [0.2, 0.25) is 0 Å². The van der Waals surface area contributed by atoms with Crippen LogP contribution in [0.4, 0.5) is 0 Å². The van der Waals surface area contributed by atoms with E-state index >= 15 is 0 Å². The minimum absolute atomic E-state index is 0. The molecule has 0 amide bonds. The van der Waals surface area contributed by atoms with Crippen molar-refractivity contribution in [2.75, 3.05) is 73.0 Å². The van der Waals surface area contributed by atoms with Crippen LogP contribution >= 0.6 is 7.51 Å². The fourth-order valence-corrected chi connectivity index (χ4v) is 18.4. The molecule has 1 radical (unpaired) electrons. The summed E-state index contributed by atoms with van der Waals surface area (Å²) in [7, 11) is 2.66. The maximum Gasteiger partial charge on any atom is 0.310 e. The number of aromatic hydroxyl groups is 4. The van der Waals surface area contributed by atoms with Gasteiger partial charge in [-0.05, 0) is 174 Å². The second-order valence-corrected chi connectivity index (χ2v) is 41.3. The van der Waals surface area contributed by atoms with Crippen LogP contribution in [0.3, 0.4) is 0 Å². The van der Waals surface area contributed by atoms with E-state index in [0.29, 0.717) is 49.2 Å². The number of phenols is 4. The summed E-state index contributed by atoms with van der Waals surface area (Å²) < 4.78 is 12.8. The van der Waals surface area contributed by atoms with Crippen molar-refractivity contribution >= 4 is 7.51 Å². The van der Waals surface area contributed by atoms with Crippen LogP contribution < -0.4 is 4.74 Å². The summed E-state index contributed by atoms with van der Waals surface area (Å²) in [5.41, 5.74) is 12.2. The van der Waals surface area contributed by atoms with Crippen molar-refractivity contribution in [3.05, 3.63) is 115 Å². The van der Waals surface area contributed by atoms with E-state index in [0.717, 1.165) is 70.6 Å². The largest absolute Gasteiger partial charge is 0.507 e. The van der Waals surface area contributed by atoms with Crippen molar-refractivity contribution in [3.63, 3.8) is 0 Å². The Morgan fingerprint density at radius 3 is 0.740 bits per heavy atom. The van der Waals surface area contributed by atoms with Crippen LogP contribution in [0.25, 0.3) is 0 Å². The minimum atomic E-state index is -1.51. The molecule has 0 unspecified atom stereocenters. The van der Waals surface area contributed by atoms with Crippen LogP contribution in [-0.4, -0.2) is 128 Å². The van der Waals surface area contributed by atoms with Gasteiger partial charge in [0.1, 0.15) is 23.0 Å². The van der Waals surface area contributed by atoms with Gasteiger partial charge < -0.3 is 25.3 Å². The summed E-state index contributed by atoms with van der Waals surface area (Å²) >= 11 is 0. The fourth-order valence-electron chi connectivity index (χ4n) is 13.5. The van der Waals surface area contributed by atoms with Gasteiger partial charge in [0.2, 0.25) is 0 Å². The molecule has 0 saturated carbocycles. The maximum atomic E-state index is 11.5. The van der Waals surface area contributed by atoms with E-state index in [2.05, 4.69) is 290 Å². The Morgan fingerprint density at radius 2 is 0.562 bits per heavy atom. The van der Waals surface area contributed by atoms with E-state index in [1.54, 1.807) is 0 Å². The Bertz CT molecular complexity index is 3000. The fraction of sp³-hybridized carbons (Fsp3) is 0.711. The predicted molar refractivity (Wildman–Crippen MR) is 409 cm³/mol. The van der Waals surface area contributed by atoms with E-state index < -0.39 is 7.51 Å². The Kier molecular flexibility index (Phi) is 29.5. The first-order valence-corrected chi connectivity index (χ1v) is 38.4. The molecule has 5 N–H and O–H groups in total. The summed E-state index contributed by atoms with van der Waals surface area (Å²) in [6.45, 7) is 74.7. The molecule has 13 heteroatoms. The molecule has 0 aromatic heterocycles. The van der Waals surface area contributed by atoms with Gasteiger partial charge in [0.25, 0.3) is 0 Å². The number of phenolic OH excluding ortho intramolecular Hbond substituents is 4. The molecule has 0 spiro atoms. The SMILES string of the molecule is CC(C)(C)[NH+]=P(N1CCCC1)(N1CCCC1)N1CCCC1.CCCN(Cc1cc(C(C)(C)C)cc(C(C)(C)C)c1O)Cc1cc(C(C)(C)C)cc(C(C)(C)C)c1O.CN(C)CCN(Cc1cc(C(C)(C)C)cc(C(C)(C)C)c1O)Cc1cc(C(C)(C)C)cc(C(C)(C)C)c1O.[Y]. The number of hydrogen-bond donors (Lipinski definition) is 5. The molecule has 541 valence electrons.